The van der Waals surface area contributed by atoms with E-state index in [0.29, 0.717) is 18.8 Å². The second-order valence-corrected chi connectivity index (χ2v) is 3.41. The topological polar surface area (TPSA) is 87.4 Å². The number of aryl methyl sites for hydroxylation is 1. The summed E-state index contributed by atoms with van der Waals surface area (Å²) in [6.07, 6.45) is 0.869. The number of hydrogen-bond donors (Lipinski definition) is 3. The van der Waals surface area contributed by atoms with Crippen LogP contribution in [0.2, 0.25) is 0 Å². The number of aromatic nitrogens is 2. The minimum Gasteiger partial charge on any atom is -0.478 e. The Morgan fingerprint density at radius 3 is 2.93 bits per heavy atom. The maximum atomic E-state index is 10.8. The summed E-state index contributed by atoms with van der Waals surface area (Å²) in [5.41, 5.74) is 0.791. The molecular weight excluding hydrogens is 198 g/mol. The van der Waals surface area contributed by atoms with Gasteiger partial charge in [-0.15, -0.1) is 0 Å². The summed E-state index contributed by atoms with van der Waals surface area (Å²) in [5.74, 6) is -0.989. The van der Waals surface area contributed by atoms with E-state index in [2.05, 4.69) is 10.4 Å². The zero-order valence-corrected chi connectivity index (χ0v) is 8.77. The lowest BCUT2D eigenvalue weighted by atomic mass is 10.2. The molecule has 0 saturated heterocycles. The van der Waals surface area contributed by atoms with Gasteiger partial charge in [-0.2, -0.15) is 5.10 Å². The lowest BCUT2D eigenvalue weighted by molar-refractivity contribution is 0.0695. The Labute approximate surface area is 87.5 Å². The Hall–Kier alpha value is -1.40. The normalized spacial score (nSPS) is 12.7. The second-order valence-electron chi connectivity index (χ2n) is 3.41. The first-order valence-electron chi connectivity index (χ1n) is 4.65. The number of nitrogens with zero attached hydrogens (tertiary/aromatic N) is 2. The molecule has 1 aromatic rings. The molecule has 84 valence electrons. The van der Waals surface area contributed by atoms with Crippen LogP contribution in [0.5, 0.6) is 0 Å². The number of aromatic carboxylic acids is 1. The van der Waals surface area contributed by atoms with Crippen molar-refractivity contribution in [3.63, 3.8) is 0 Å². The van der Waals surface area contributed by atoms with Crippen LogP contribution in [-0.4, -0.2) is 38.6 Å². The lowest BCUT2D eigenvalue weighted by Crippen LogP contribution is -2.25. The van der Waals surface area contributed by atoms with Crippen LogP contribution in [0.15, 0.2) is 6.20 Å². The third kappa shape index (κ3) is 3.03. The van der Waals surface area contributed by atoms with E-state index in [-0.39, 0.29) is 5.56 Å². The molecule has 0 aliphatic carbocycles. The van der Waals surface area contributed by atoms with Crippen LogP contribution < -0.4 is 5.32 Å². The molecule has 1 aromatic heterocycles. The number of rotatable bonds is 5. The molecule has 1 unspecified atom stereocenters. The van der Waals surface area contributed by atoms with Gasteiger partial charge in [0.05, 0.1) is 18.0 Å². The monoisotopic (exact) mass is 213 g/mol. The highest BCUT2D eigenvalue weighted by atomic mass is 16.4. The van der Waals surface area contributed by atoms with E-state index in [1.54, 1.807) is 14.0 Å². The van der Waals surface area contributed by atoms with Crippen LogP contribution in [0.25, 0.3) is 0 Å². The molecule has 3 N–H and O–H groups in total. The summed E-state index contributed by atoms with van der Waals surface area (Å²) in [5, 5.41) is 24.7. The molecule has 15 heavy (non-hydrogen) atoms. The summed E-state index contributed by atoms with van der Waals surface area (Å²) in [7, 11) is 1.69. The number of carbonyl (C=O) groups is 1. The zero-order chi connectivity index (χ0) is 11.4. The predicted molar refractivity (Wildman–Crippen MR) is 53.6 cm³/mol. The van der Waals surface area contributed by atoms with Gasteiger partial charge in [0.2, 0.25) is 0 Å². The van der Waals surface area contributed by atoms with Gasteiger partial charge in [-0.3, -0.25) is 4.68 Å². The van der Waals surface area contributed by atoms with Gasteiger partial charge in [0.1, 0.15) is 5.56 Å². The Balaban J connectivity index is 2.66. The van der Waals surface area contributed by atoms with Crippen molar-refractivity contribution in [1.29, 1.82) is 0 Å². The molecule has 0 amide bonds. The highest BCUT2D eigenvalue weighted by Gasteiger charge is 2.14. The molecule has 0 aliphatic heterocycles. The SMILES string of the molecule is CC(O)CNCc1c(C(=O)O)cnn1C. The first-order chi connectivity index (χ1) is 7.02. The highest BCUT2D eigenvalue weighted by Crippen LogP contribution is 2.06. The number of aliphatic hydroxyl groups is 1. The fraction of sp³-hybridized carbons (Fsp3) is 0.556. The van der Waals surface area contributed by atoms with Gasteiger partial charge >= 0.3 is 5.97 Å². The number of carboxylic acid groups (broad SMARTS) is 1. The minimum atomic E-state index is -0.989. The van der Waals surface area contributed by atoms with Crippen LogP contribution in [0.1, 0.15) is 23.0 Å². The predicted octanol–water partition coefficient (Wildman–Crippen LogP) is -0.411. The smallest absolute Gasteiger partial charge is 0.339 e. The van der Waals surface area contributed by atoms with Gasteiger partial charge in [0.15, 0.2) is 0 Å². The standard InChI is InChI=1S/C9H15N3O3/c1-6(13)3-10-5-8-7(9(14)15)4-11-12(8)2/h4,6,10,13H,3,5H2,1-2H3,(H,14,15). The molecule has 1 atom stereocenters. The highest BCUT2D eigenvalue weighted by molar-refractivity contribution is 5.88. The Morgan fingerprint density at radius 1 is 1.73 bits per heavy atom. The van der Waals surface area contributed by atoms with Crippen molar-refractivity contribution in [3.8, 4) is 0 Å². The van der Waals surface area contributed by atoms with Crippen LogP contribution in [0.3, 0.4) is 0 Å². The van der Waals surface area contributed by atoms with Gasteiger partial charge in [-0.1, -0.05) is 0 Å². The summed E-state index contributed by atoms with van der Waals surface area (Å²) in [6.45, 7) is 2.46. The largest absolute Gasteiger partial charge is 0.478 e. The maximum absolute atomic E-state index is 10.8. The van der Waals surface area contributed by atoms with Crippen molar-refractivity contribution in [2.75, 3.05) is 6.54 Å². The van der Waals surface area contributed by atoms with E-state index in [1.807, 2.05) is 0 Å². The van der Waals surface area contributed by atoms with Gasteiger partial charge in [0.25, 0.3) is 0 Å². The van der Waals surface area contributed by atoms with Crippen molar-refractivity contribution >= 4 is 5.97 Å². The third-order valence-electron chi connectivity index (χ3n) is 2.02. The summed E-state index contributed by atoms with van der Waals surface area (Å²) in [4.78, 5) is 10.8. The van der Waals surface area contributed by atoms with E-state index in [0.717, 1.165) is 0 Å². The van der Waals surface area contributed by atoms with Crippen molar-refractivity contribution in [1.82, 2.24) is 15.1 Å². The van der Waals surface area contributed by atoms with Crippen LogP contribution in [0.4, 0.5) is 0 Å². The Bertz CT molecular complexity index is 346. The molecule has 6 heteroatoms. The summed E-state index contributed by atoms with van der Waals surface area (Å²) >= 11 is 0. The minimum absolute atomic E-state index is 0.190. The number of aliphatic hydroxyl groups excluding tert-OH is 1. The van der Waals surface area contributed by atoms with Crippen LogP contribution in [0, 0.1) is 0 Å². The fourth-order valence-corrected chi connectivity index (χ4v) is 1.25. The van der Waals surface area contributed by atoms with Crippen LogP contribution in [-0.2, 0) is 13.6 Å². The molecule has 0 fully saturated rings. The number of nitrogens with one attached hydrogen (secondary N) is 1. The molecule has 0 radical (unpaired) electrons. The molecule has 6 nitrogen and oxygen atoms in total. The zero-order valence-electron chi connectivity index (χ0n) is 8.77. The van der Waals surface area contributed by atoms with Crippen molar-refractivity contribution in [3.05, 3.63) is 17.5 Å². The fourth-order valence-electron chi connectivity index (χ4n) is 1.25. The van der Waals surface area contributed by atoms with Gasteiger partial charge in [0, 0.05) is 20.1 Å². The lowest BCUT2D eigenvalue weighted by Gasteiger charge is -2.07. The van der Waals surface area contributed by atoms with Crippen molar-refractivity contribution < 1.29 is 15.0 Å². The number of hydrogen-bond acceptors (Lipinski definition) is 4. The second kappa shape index (κ2) is 4.90. The quantitative estimate of drug-likeness (QED) is 0.619. The van der Waals surface area contributed by atoms with E-state index < -0.39 is 12.1 Å². The van der Waals surface area contributed by atoms with E-state index >= 15 is 0 Å². The molecule has 0 aliphatic rings. The number of carboxylic acids is 1. The summed E-state index contributed by atoms with van der Waals surface area (Å²) < 4.78 is 1.51. The van der Waals surface area contributed by atoms with Crippen molar-refractivity contribution in [2.24, 2.45) is 7.05 Å². The molecule has 0 aromatic carbocycles. The van der Waals surface area contributed by atoms with Crippen LogP contribution >= 0.6 is 0 Å². The molecule has 1 rings (SSSR count). The molecule has 1 heterocycles. The molecule has 0 spiro atoms. The average Bonchev–Trinajstić information content (AvgIpc) is 2.47. The Morgan fingerprint density at radius 2 is 2.40 bits per heavy atom. The Kier molecular flexibility index (Phi) is 3.81. The van der Waals surface area contributed by atoms with E-state index in [9.17, 15) is 4.79 Å². The summed E-state index contributed by atoms with van der Waals surface area (Å²) in [6, 6.07) is 0. The van der Waals surface area contributed by atoms with Gasteiger partial charge in [-0.05, 0) is 6.92 Å². The molecule has 0 bridgehead atoms. The average molecular weight is 213 g/mol. The third-order valence-corrected chi connectivity index (χ3v) is 2.02. The van der Waals surface area contributed by atoms with E-state index in [1.165, 1.54) is 10.9 Å². The van der Waals surface area contributed by atoms with Gasteiger partial charge in [-0.25, -0.2) is 4.79 Å². The molecular formula is C9H15N3O3. The molecule has 0 saturated carbocycles. The first kappa shape index (κ1) is 11.7. The first-order valence-corrected chi connectivity index (χ1v) is 4.65. The van der Waals surface area contributed by atoms with E-state index in [4.69, 9.17) is 10.2 Å². The van der Waals surface area contributed by atoms with Gasteiger partial charge < -0.3 is 15.5 Å². The maximum Gasteiger partial charge on any atom is 0.339 e. The van der Waals surface area contributed by atoms with Crippen molar-refractivity contribution in [2.45, 2.75) is 19.6 Å².